The summed E-state index contributed by atoms with van der Waals surface area (Å²) < 4.78 is 1.66. The van der Waals surface area contributed by atoms with Crippen LogP contribution in [-0.2, 0) is 13.0 Å². The van der Waals surface area contributed by atoms with E-state index in [1.165, 1.54) is 6.20 Å². The van der Waals surface area contributed by atoms with Gasteiger partial charge in [0, 0.05) is 19.2 Å². The Balaban J connectivity index is 2.96. The van der Waals surface area contributed by atoms with E-state index in [1.54, 1.807) is 4.57 Å². The van der Waals surface area contributed by atoms with Crippen molar-refractivity contribution in [3.8, 4) is 0 Å². The molecule has 0 spiro atoms. The van der Waals surface area contributed by atoms with Crippen LogP contribution in [0, 0.1) is 0 Å². The van der Waals surface area contributed by atoms with E-state index < -0.39 is 5.97 Å². The molecule has 0 atom stereocenters. The molecule has 72 valence electrons. The number of aromatic nitrogens is 2. The Bertz CT molecular complexity index is 306. The summed E-state index contributed by atoms with van der Waals surface area (Å²) in [6, 6.07) is 0. The zero-order chi connectivity index (χ0) is 9.84. The smallest absolute Gasteiger partial charge is 0.356 e. The van der Waals surface area contributed by atoms with Crippen molar-refractivity contribution < 1.29 is 15.0 Å². The number of hydrogen-bond donors (Lipinski definition) is 2. The summed E-state index contributed by atoms with van der Waals surface area (Å²) in [5.41, 5.74) is 0.0327. The molecule has 5 nitrogen and oxygen atoms in total. The summed E-state index contributed by atoms with van der Waals surface area (Å²) in [4.78, 5) is 14.4. The number of aliphatic hydroxyl groups excluding tert-OH is 1. The number of aromatic carboxylic acids is 1. The first kappa shape index (κ1) is 9.73. The first-order valence-corrected chi connectivity index (χ1v) is 4.09. The highest BCUT2D eigenvalue weighted by atomic mass is 16.4. The van der Waals surface area contributed by atoms with Gasteiger partial charge in [-0.1, -0.05) is 6.92 Å². The fourth-order valence-electron chi connectivity index (χ4n) is 1.14. The summed E-state index contributed by atoms with van der Waals surface area (Å²) >= 11 is 0. The average molecular weight is 184 g/mol. The van der Waals surface area contributed by atoms with Crippen LogP contribution >= 0.6 is 0 Å². The molecule has 0 amide bonds. The Morgan fingerprint density at radius 2 is 2.38 bits per heavy atom. The van der Waals surface area contributed by atoms with E-state index in [0.717, 1.165) is 0 Å². The molecular weight excluding hydrogens is 172 g/mol. The van der Waals surface area contributed by atoms with Gasteiger partial charge in [0.15, 0.2) is 5.69 Å². The zero-order valence-electron chi connectivity index (χ0n) is 7.40. The normalized spacial score (nSPS) is 10.3. The van der Waals surface area contributed by atoms with Gasteiger partial charge in [-0.25, -0.2) is 9.78 Å². The molecule has 0 radical (unpaired) electrons. The topological polar surface area (TPSA) is 75.3 Å². The van der Waals surface area contributed by atoms with Crippen molar-refractivity contribution >= 4 is 5.97 Å². The van der Waals surface area contributed by atoms with Gasteiger partial charge in [-0.3, -0.25) is 0 Å². The third-order valence-corrected chi connectivity index (χ3v) is 1.74. The summed E-state index contributed by atoms with van der Waals surface area (Å²) in [6.07, 6.45) is 2.10. The second-order valence-electron chi connectivity index (χ2n) is 2.62. The van der Waals surface area contributed by atoms with Crippen molar-refractivity contribution in [3.05, 3.63) is 17.7 Å². The summed E-state index contributed by atoms with van der Waals surface area (Å²) in [5.74, 6) is -0.349. The quantitative estimate of drug-likeness (QED) is 0.697. The number of nitrogens with zero attached hydrogens (tertiary/aromatic N) is 2. The lowest BCUT2D eigenvalue weighted by molar-refractivity contribution is 0.0690. The number of rotatable bonds is 4. The average Bonchev–Trinajstić information content (AvgIpc) is 2.48. The number of carboxylic acids is 1. The summed E-state index contributed by atoms with van der Waals surface area (Å²) in [5, 5.41) is 17.3. The van der Waals surface area contributed by atoms with Crippen molar-refractivity contribution in [2.24, 2.45) is 0 Å². The molecule has 0 bridgehead atoms. The van der Waals surface area contributed by atoms with Gasteiger partial charge in [0.1, 0.15) is 5.82 Å². The van der Waals surface area contributed by atoms with Crippen molar-refractivity contribution in [3.63, 3.8) is 0 Å². The second kappa shape index (κ2) is 4.04. The number of carboxylic acid groups (broad SMARTS) is 1. The molecule has 0 saturated carbocycles. The first-order valence-electron chi connectivity index (χ1n) is 4.09. The minimum Gasteiger partial charge on any atom is -0.476 e. The number of carbonyl (C=O) groups is 1. The molecule has 13 heavy (non-hydrogen) atoms. The van der Waals surface area contributed by atoms with Gasteiger partial charge in [-0.15, -0.1) is 0 Å². The molecular formula is C8H12N2O3. The van der Waals surface area contributed by atoms with Crippen LogP contribution in [0.4, 0.5) is 0 Å². The van der Waals surface area contributed by atoms with E-state index in [-0.39, 0.29) is 12.3 Å². The van der Waals surface area contributed by atoms with Crippen molar-refractivity contribution in [2.45, 2.75) is 19.9 Å². The molecule has 0 aromatic carbocycles. The van der Waals surface area contributed by atoms with E-state index >= 15 is 0 Å². The van der Waals surface area contributed by atoms with Gasteiger partial charge in [-0.2, -0.15) is 0 Å². The van der Waals surface area contributed by atoms with Gasteiger partial charge in [0.25, 0.3) is 0 Å². The lowest BCUT2D eigenvalue weighted by Gasteiger charge is -2.01. The van der Waals surface area contributed by atoms with Crippen molar-refractivity contribution in [1.29, 1.82) is 0 Å². The maximum atomic E-state index is 10.5. The minimum absolute atomic E-state index is 0.0115. The van der Waals surface area contributed by atoms with E-state index in [2.05, 4.69) is 4.98 Å². The van der Waals surface area contributed by atoms with E-state index in [0.29, 0.717) is 18.8 Å². The highest BCUT2D eigenvalue weighted by Crippen LogP contribution is 2.04. The van der Waals surface area contributed by atoms with E-state index in [1.807, 2.05) is 6.92 Å². The predicted molar refractivity (Wildman–Crippen MR) is 45.7 cm³/mol. The number of imidazole rings is 1. The Morgan fingerprint density at radius 1 is 1.69 bits per heavy atom. The van der Waals surface area contributed by atoms with Crippen LogP contribution in [0.5, 0.6) is 0 Å². The number of hydrogen-bond acceptors (Lipinski definition) is 3. The fraction of sp³-hybridized carbons (Fsp3) is 0.500. The number of aliphatic hydroxyl groups is 1. The third kappa shape index (κ3) is 2.06. The van der Waals surface area contributed by atoms with Crippen LogP contribution in [0.15, 0.2) is 6.20 Å². The second-order valence-corrected chi connectivity index (χ2v) is 2.62. The van der Waals surface area contributed by atoms with Gasteiger partial charge < -0.3 is 14.8 Å². The molecule has 2 N–H and O–H groups in total. The SMILES string of the molecule is CCc1nc(C(=O)O)cn1CCO. The maximum absolute atomic E-state index is 10.5. The van der Waals surface area contributed by atoms with Crippen molar-refractivity contribution in [2.75, 3.05) is 6.61 Å². The minimum atomic E-state index is -1.04. The highest BCUT2D eigenvalue weighted by Gasteiger charge is 2.10. The largest absolute Gasteiger partial charge is 0.476 e. The summed E-state index contributed by atoms with van der Waals surface area (Å²) in [6.45, 7) is 2.27. The molecule has 0 aliphatic heterocycles. The Hall–Kier alpha value is -1.36. The van der Waals surface area contributed by atoms with Crippen LogP contribution in [-0.4, -0.2) is 32.3 Å². The fourth-order valence-corrected chi connectivity index (χ4v) is 1.14. The lowest BCUT2D eigenvalue weighted by Crippen LogP contribution is -2.04. The van der Waals surface area contributed by atoms with Gasteiger partial charge in [-0.05, 0) is 0 Å². The van der Waals surface area contributed by atoms with Gasteiger partial charge in [0.05, 0.1) is 6.61 Å². The molecule has 5 heteroatoms. The standard InChI is InChI=1S/C8H12N2O3/c1-2-7-9-6(8(12)13)5-10(7)3-4-11/h5,11H,2-4H2,1H3,(H,12,13). The molecule has 0 aliphatic carbocycles. The maximum Gasteiger partial charge on any atom is 0.356 e. The Kier molecular flexibility index (Phi) is 3.02. The Labute approximate surface area is 75.6 Å². The molecule has 1 rings (SSSR count). The Morgan fingerprint density at radius 3 is 2.85 bits per heavy atom. The van der Waals surface area contributed by atoms with Gasteiger partial charge in [0.2, 0.25) is 0 Å². The molecule has 0 fully saturated rings. The van der Waals surface area contributed by atoms with Crippen LogP contribution in [0.25, 0.3) is 0 Å². The molecule has 0 saturated heterocycles. The highest BCUT2D eigenvalue weighted by molar-refractivity contribution is 5.85. The first-order chi connectivity index (χ1) is 6.19. The summed E-state index contributed by atoms with van der Waals surface area (Å²) in [7, 11) is 0. The van der Waals surface area contributed by atoms with E-state index in [9.17, 15) is 4.79 Å². The van der Waals surface area contributed by atoms with Crippen LogP contribution in [0.3, 0.4) is 0 Å². The third-order valence-electron chi connectivity index (χ3n) is 1.74. The van der Waals surface area contributed by atoms with Crippen LogP contribution in [0.2, 0.25) is 0 Å². The molecule has 0 aliphatic rings. The molecule has 1 aromatic heterocycles. The van der Waals surface area contributed by atoms with E-state index in [4.69, 9.17) is 10.2 Å². The molecule has 1 heterocycles. The monoisotopic (exact) mass is 184 g/mol. The van der Waals surface area contributed by atoms with Gasteiger partial charge >= 0.3 is 5.97 Å². The molecule has 1 aromatic rings. The predicted octanol–water partition coefficient (Wildman–Crippen LogP) is 0.136. The zero-order valence-corrected chi connectivity index (χ0v) is 7.40. The molecule has 0 unspecified atom stereocenters. The van der Waals surface area contributed by atoms with Crippen molar-refractivity contribution in [1.82, 2.24) is 9.55 Å². The number of aryl methyl sites for hydroxylation is 1. The van der Waals surface area contributed by atoms with Crippen LogP contribution < -0.4 is 0 Å². The lowest BCUT2D eigenvalue weighted by atomic mass is 10.4. The van der Waals surface area contributed by atoms with Crippen LogP contribution in [0.1, 0.15) is 23.2 Å².